The minimum atomic E-state index is -0.220. The van der Waals surface area contributed by atoms with E-state index in [-0.39, 0.29) is 18.4 Å². The summed E-state index contributed by atoms with van der Waals surface area (Å²) in [6.07, 6.45) is 5.75. The first kappa shape index (κ1) is 22.5. The molecule has 0 bridgehead atoms. The van der Waals surface area contributed by atoms with E-state index in [4.69, 9.17) is 16.3 Å². The number of anilines is 2. The van der Waals surface area contributed by atoms with Gasteiger partial charge in [-0.2, -0.15) is 0 Å². The van der Waals surface area contributed by atoms with Gasteiger partial charge in [0.1, 0.15) is 5.75 Å². The predicted octanol–water partition coefficient (Wildman–Crippen LogP) is 4.59. The van der Waals surface area contributed by atoms with Crippen molar-refractivity contribution >= 4 is 34.8 Å². The molecule has 4 rings (SSSR count). The van der Waals surface area contributed by atoms with Gasteiger partial charge in [0.25, 0.3) is 5.91 Å². The number of rotatable bonds is 6. The number of carbonyl (C=O) groups excluding carboxylic acids is 2. The van der Waals surface area contributed by atoms with Crippen LogP contribution in [-0.4, -0.2) is 49.5 Å². The molecule has 0 aromatic heterocycles. The number of nitrogens with zero attached hydrogens (tertiary/aromatic N) is 2. The Morgan fingerprint density at radius 1 is 0.906 bits per heavy atom. The van der Waals surface area contributed by atoms with E-state index in [1.54, 1.807) is 24.3 Å². The Kier molecular flexibility index (Phi) is 7.53. The Morgan fingerprint density at radius 2 is 1.56 bits per heavy atom. The number of carbonyl (C=O) groups is 2. The summed E-state index contributed by atoms with van der Waals surface area (Å²) < 4.78 is 5.48. The van der Waals surface area contributed by atoms with E-state index in [1.165, 1.54) is 19.3 Å². The fourth-order valence-corrected chi connectivity index (χ4v) is 4.55. The second kappa shape index (κ2) is 10.7. The minimum absolute atomic E-state index is 0.0691. The largest absolute Gasteiger partial charge is 0.484 e. The molecule has 0 unspecified atom stereocenters. The van der Waals surface area contributed by atoms with Crippen LogP contribution < -0.4 is 15.0 Å². The molecule has 2 fully saturated rings. The molecule has 1 aliphatic carbocycles. The molecule has 7 heteroatoms. The number of amides is 2. The van der Waals surface area contributed by atoms with Crippen LogP contribution in [0.1, 0.15) is 32.1 Å². The van der Waals surface area contributed by atoms with Gasteiger partial charge in [0.05, 0.1) is 0 Å². The highest BCUT2D eigenvalue weighted by molar-refractivity contribution is 6.30. The first-order chi connectivity index (χ1) is 15.6. The first-order valence-corrected chi connectivity index (χ1v) is 11.8. The predicted molar refractivity (Wildman–Crippen MR) is 127 cm³/mol. The summed E-state index contributed by atoms with van der Waals surface area (Å²) in [7, 11) is 0. The first-order valence-electron chi connectivity index (χ1n) is 11.4. The number of benzene rings is 2. The van der Waals surface area contributed by atoms with E-state index in [0.29, 0.717) is 16.7 Å². The summed E-state index contributed by atoms with van der Waals surface area (Å²) in [6, 6.07) is 14.7. The van der Waals surface area contributed by atoms with Crippen LogP contribution in [0, 0.1) is 5.92 Å². The average Bonchev–Trinajstić information content (AvgIpc) is 2.84. The zero-order valence-electron chi connectivity index (χ0n) is 18.3. The van der Waals surface area contributed by atoms with Crippen LogP contribution in [0.15, 0.2) is 48.5 Å². The van der Waals surface area contributed by atoms with Gasteiger partial charge in [-0.25, -0.2) is 0 Å². The Morgan fingerprint density at radius 3 is 2.22 bits per heavy atom. The molecule has 1 N–H and O–H groups in total. The van der Waals surface area contributed by atoms with E-state index >= 15 is 0 Å². The third-order valence-corrected chi connectivity index (χ3v) is 6.50. The third kappa shape index (κ3) is 5.94. The molecule has 0 spiro atoms. The smallest absolute Gasteiger partial charge is 0.262 e. The molecule has 1 saturated heterocycles. The van der Waals surface area contributed by atoms with Gasteiger partial charge in [-0.15, -0.1) is 0 Å². The number of hydrogen-bond acceptors (Lipinski definition) is 4. The molecule has 170 valence electrons. The van der Waals surface area contributed by atoms with Crippen molar-refractivity contribution < 1.29 is 14.3 Å². The normalized spacial score (nSPS) is 17.2. The van der Waals surface area contributed by atoms with E-state index in [2.05, 4.69) is 10.2 Å². The standard InChI is InChI=1S/C25H30ClN3O3/c26-20-6-12-23(13-7-20)32-18-24(30)27-21-8-10-22(11-9-21)28-14-16-29(17-15-28)25(31)19-4-2-1-3-5-19/h6-13,19H,1-5,14-18H2,(H,27,30). The van der Waals surface area contributed by atoms with Gasteiger partial charge < -0.3 is 19.9 Å². The average molecular weight is 456 g/mol. The number of nitrogens with one attached hydrogen (secondary N) is 1. The fourth-order valence-electron chi connectivity index (χ4n) is 4.43. The molecular weight excluding hydrogens is 426 g/mol. The van der Waals surface area contributed by atoms with Crippen molar-refractivity contribution in [2.45, 2.75) is 32.1 Å². The van der Waals surface area contributed by atoms with Gasteiger partial charge in [0.15, 0.2) is 6.61 Å². The van der Waals surface area contributed by atoms with Gasteiger partial charge in [-0.3, -0.25) is 9.59 Å². The molecule has 2 aromatic rings. The summed E-state index contributed by atoms with van der Waals surface area (Å²) in [6.45, 7) is 3.14. The number of ether oxygens (including phenoxy) is 1. The minimum Gasteiger partial charge on any atom is -0.484 e. The van der Waals surface area contributed by atoms with E-state index in [1.807, 2.05) is 29.2 Å². The Balaban J connectivity index is 1.22. The Labute approximate surface area is 194 Å². The van der Waals surface area contributed by atoms with Crippen LogP contribution in [-0.2, 0) is 9.59 Å². The maximum absolute atomic E-state index is 12.8. The van der Waals surface area contributed by atoms with Crippen molar-refractivity contribution in [1.82, 2.24) is 4.90 Å². The maximum Gasteiger partial charge on any atom is 0.262 e. The quantitative estimate of drug-likeness (QED) is 0.692. The zero-order chi connectivity index (χ0) is 22.3. The summed E-state index contributed by atoms with van der Waals surface area (Å²) in [5.41, 5.74) is 1.83. The SMILES string of the molecule is O=C(COc1ccc(Cl)cc1)Nc1ccc(N2CCN(C(=O)C3CCCCC3)CC2)cc1. The van der Waals surface area contributed by atoms with Gasteiger partial charge >= 0.3 is 0 Å². The summed E-state index contributed by atoms with van der Waals surface area (Å²) in [5.74, 6) is 0.966. The van der Waals surface area contributed by atoms with Crippen LogP contribution in [0.5, 0.6) is 5.75 Å². The fraction of sp³-hybridized carbons (Fsp3) is 0.440. The maximum atomic E-state index is 12.8. The topological polar surface area (TPSA) is 61.9 Å². The van der Waals surface area contributed by atoms with E-state index in [9.17, 15) is 9.59 Å². The molecule has 2 amide bonds. The van der Waals surface area contributed by atoms with Crippen molar-refractivity contribution in [2.24, 2.45) is 5.92 Å². The lowest BCUT2D eigenvalue weighted by Gasteiger charge is -2.38. The second-order valence-electron chi connectivity index (χ2n) is 8.48. The molecule has 1 heterocycles. The Bertz CT molecular complexity index is 903. The van der Waals surface area contributed by atoms with E-state index in [0.717, 1.165) is 50.4 Å². The van der Waals surface area contributed by atoms with Crippen molar-refractivity contribution in [3.63, 3.8) is 0 Å². The van der Waals surface area contributed by atoms with Gasteiger partial charge in [0.2, 0.25) is 5.91 Å². The Hall–Kier alpha value is -2.73. The lowest BCUT2D eigenvalue weighted by Crippen LogP contribution is -2.50. The van der Waals surface area contributed by atoms with Crippen LogP contribution in [0.2, 0.25) is 5.02 Å². The zero-order valence-corrected chi connectivity index (χ0v) is 19.0. The molecule has 1 saturated carbocycles. The van der Waals surface area contributed by atoms with Crippen LogP contribution in [0.25, 0.3) is 0 Å². The van der Waals surface area contributed by atoms with Gasteiger partial charge in [-0.05, 0) is 61.4 Å². The highest BCUT2D eigenvalue weighted by Gasteiger charge is 2.28. The highest BCUT2D eigenvalue weighted by atomic mass is 35.5. The number of piperazine rings is 1. The summed E-state index contributed by atoms with van der Waals surface area (Å²) in [4.78, 5) is 29.2. The summed E-state index contributed by atoms with van der Waals surface area (Å²) >= 11 is 5.85. The van der Waals surface area contributed by atoms with Crippen molar-refractivity contribution in [1.29, 1.82) is 0 Å². The lowest BCUT2D eigenvalue weighted by atomic mass is 9.88. The molecular formula is C25H30ClN3O3. The van der Waals surface area contributed by atoms with Crippen molar-refractivity contribution in [3.05, 3.63) is 53.6 Å². The summed E-state index contributed by atoms with van der Waals surface area (Å²) in [5, 5.41) is 3.47. The second-order valence-corrected chi connectivity index (χ2v) is 8.92. The number of halogens is 1. The number of hydrogen-bond donors (Lipinski definition) is 1. The molecule has 2 aromatic carbocycles. The monoisotopic (exact) mass is 455 g/mol. The molecule has 0 radical (unpaired) electrons. The third-order valence-electron chi connectivity index (χ3n) is 6.25. The van der Waals surface area contributed by atoms with E-state index < -0.39 is 0 Å². The molecule has 1 aliphatic heterocycles. The van der Waals surface area contributed by atoms with Gasteiger partial charge in [0, 0.05) is 48.5 Å². The highest BCUT2D eigenvalue weighted by Crippen LogP contribution is 2.26. The molecule has 0 atom stereocenters. The van der Waals surface area contributed by atoms with Gasteiger partial charge in [-0.1, -0.05) is 30.9 Å². The lowest BCUT2D eigenvalue weighted by molar-refractivity contribution is -0.136. The molecule has 6 nitrogen and oxygen atoms in total. The van der Waals surface area contributed by atoms with Crippen LogP contribution >= 0.6 is 11.6 Å². The van der Waals surface area contributed by atoms with Crippen LogP contribution in [0.3, 0.4) is 0 Å². The van der Waals surface area contributed by atoms with Crippen LogP contribution in [0.4, 0.5) is 11.4 Å². The van der Waals surface area contributed by atoms with Crippen molar-refractivity contribution in [2.75, 3.05) is 43.0 Å². The molecule has 2 aliphatic rings. The van der Waals surface area contributed by atoms with Crippen molar-refractivity contribution in [3.8, 4) is 5.75 Å². The molecule has 32 heavy (non-hydrogen) atoms.